The van der Waals surface area contributed by atoms with Gasteiger partial charge in [0.2, 0.25) is 11.9 Å². The van der Waals surface area contributed by atoms with E-state index in [1.807, 2.05) is 111 Å². The molecule has 1 unspecified atom stereocenters. The largest absolute Gasteiger partial charge is 0.381 e. The smallest absolute Gasteiger partial charge is 0.319 e. The standard InChI is InChI=1S/C75H83N21O6/c1-3-76-73(97)82-55-16-12-54(13-17-55)68-87-64-47-96(44-60(64)70(91-68)93-29-7-34-100-37-31-93)72-77-28-23-61(88-72)48(2)81-75(99)84-57-20-10-52(11-21-57)66-86-63-46-95(30-24-58(63)65(89-66)51-25-35-101-36-26-51)71-79-40-50(41-80-71)22-27-78-74(98)83-56-18-14-53(15-19-56)67-85-62-45-92(42-49-8-5-4-6-9-49)43-59(62)69(90-67)94-32-38-102-39-33-94/h4-6,8-21,23,28,40-41,48,51H,3,7,22,24-27,29-39,42-47H2,1-2H3,(H2,76,82,97)(H2,78,83,98)(H2,81,84,99). The minimum Gasteiger partial charge on any atom is -0.381 e. The van der Waals surface area contributed by atoms with Gasteiger partial charge in [-0.15, -0.1) is 0 Å². The summed E-state index contributed by atoms with van der Waals surface area (Å²) < 4.78 is 17.3. The van der Waals surface area contributed by atoms with Crippen molar-refractivity contribution >= 4 is 58.7 Å². The van der Waals surface area contributed by atoms with Crippen molar-refractivity contribution in [3.8, 4) is 34.2 Å². The molecule has 11 heterocycles. The van der Waals surface area contributed by atoms with E-state index in [-0.39, 0.29) is 24.0 Å². The Morgan fingerprint density at radius 3 is 1.71 bits per heavy atom. The van der Waals surface area contributed by atoms with Gasteiger partial charge in [0.15, 0.2) is 17.5 Å². The molecular formula is C75H83N21O6. The molecule has 6 amide bonds. The van der Waals surface area contributed by atoms with Crippen LogP contribution < -0.4 is 51.5 Å². The Balaban J connectivity index is 0.552. The number of carbonyl (C=O) groups excluding carboxylic acids is 3. The SMILES string of the molecule is CCNC(=O)Nc1ccc(-c2nc3c(c(N4CCCOCC4)n2)CN(c2nccc(C(C)NC(=O)Nc4ccc(-c5nc6c(c(C7CCOCC7)n5)CCN(c5ncc(CCNC(=O)Nc7ccc(-c8nc9c(c(N%10CCOCC%10)n8)CN(Cc8ccccc8)C9)cc7)cn5)C6)cc4)n2)C3)cc1. The predicted molar refractivity (Wildman–Crippen MR) is 388 cm³/mol. The average Bonchev–Trinajstić information content (AvgIpc) is 1.33. The summed E-state index contributed by atoms with van der Waals surface area (Å²) in [5.74, 6) is 5.06. The first-order valence-electron chi connectivity index (χ1n) is 35.4. The van der Waals surface area contributed by atoms with Crippen LogP contribution in [0.4, 0.5) is 55.0 Å². The molecule has 6 aliphatic rings. The number of amides is 6. The van der Waals surface area contributed by atoms with Crippen LogP contribution in [0.2, 0.25) is 0 Å². The third kappa shape index (κ3) is 15.7. The molecule has 3 fully saturated rings. The summed E-state index contributed by atoms with van der Waals surface area (Å²) in [5, 5.41) is 17.7. The molecule has 15 rings (SSSR count). The molecule has 9 aromatic rings. The fraction of sp³-hybridized carbons (Fsp3) is 0.373. The van der Waals surface area contributed by atoms with E-state index in [1.54, 1.807) is 6.20 Å². The lowest BCUT2D eigenvalue weighted by Gasteiger charge is -2.32. The Kier molecular flexibility index (Phi) is 20.3. The van der Waals surface area contributed by atoms with E-state index in [9.17, 15) is 14.4 Å². The van der Waals surface area contributed by atoms with Gasteiger partial charge in [0.1, 0.15) is 11.6 Å². The number of carbonyl (C=O) groups is 3. The number of aromatic nitrogens is 10. The summed E-state index contributed by atoms with van der Waals surface area (Å²) in [6.45, 7) is 16.3. The summed E-state index contributed by atoms with van der Waals surface area (Å²) >= 11 is 0. The summed E-state index contributed by atoms with van der Waals surface area (Å²) in [4.78, 5) is 101. The van der Waals surface area contributed by atoms with Gasteiger partial charge < -0.3 is 65.7 Å². The van der Waals surface area contributed by atoms with E-state index >= 15 is 0 Å². The first-order chi connectivity index (χ1) is 50.1. The second-order valence-electron chi connectivity index (χ2n) is 26.4. The van der Waals surface area contributed by atoms with Gasteiger partial charge in [-0.1, -0.05) is 30.3 Å². The highest BCUT2D eigenvalue weighted by molar-refractivity contribution is 5.91. The molecule has 27 nitrogen and oxygen atoms in total. The van der Waals surface area contributed by atoms with Gasteiger partial charge in [-0.2, -0.15) is 0 Å². The molecule has 6 N–H and O–H groups in total. The van der Waals surface area contributed by atoms with Gasteiger partial charge in [0.25, 0.3) is 0 Å². The molecule has 524 valence electrons. The average molecular weight is 1370 g/mol. The maximum Gasteiger partial charge on any atom is 0.319 e. The Morgan fingerprint density at radius 1 is 0.500 bits per heavy atom. The molecular weight excluding hydrogens is 1290 g/mol. The second kappa shape index (κ2) is 30.9. The summed E-state index contributed by atoms with van der Waals surface area (Å²) in [5.41, 5.74) is 14.6. The van der Waals surface area contributed by atoms with Crippen LogP contribution in [0.1, 0.15) is 101 Å². The number of nitrogens with zero attached hydrogens (tertiary/aromatic N) is 15. The fourth-order valence-electron chi connectivity index (χ4n) is 14.0. The number of hydrogen-bond donors (Lipinski definition) is 6. The number of morpholine rings is 1. The van der Waals surface area contributed by atoms with Crippen LogP contribution in [0.3, 0.4) is 0 Å². The molecule has 1 atom stereocenters. The van der Waals surface area contributed by atoms with E-state index in [2.05, 4.69) is 80.7 Å². The molecule has 0 aliphatic carbocycles. The van der Waals surface area contributed by atoms with Gasteiger partial charge in [0, 0.05) is 155 Å². The number of hydrogen-bond acceptors (Lipinski definition) is 21. The van der Waals surface area contributed by atoms with Crippen molar-refractivity contribution < 1.29 is 28.6 Å². The molecule has 3 saturated heterocycles. The molecule has 4 aromatic carbocycles. The van der Waals surface area contributed by atoms with Gasteiger partial charge in [0.05, 0.1) is 74.0 Å². The molecule has 5 aromatic heterocycles. The Labute approximate surface area is 591 Å². The van der Waals surface area contributed by atoms with Gasteiger partial charge in [-0.3, -0.25) is 4.90 Å². The van der Waals surface area contributed by atoms with Crippen molar-refractivity contribution in [1.29, 1.82) is 0 Å². The molecule has 27 heteroatoms. The normalized spacial score (nSPS) is 16.5. The van der Waals surface area contributed by atoms with Crippen molar-refractivity contribution in [2.45, 2.75) is 97.2 Å². The lowest BCUT2D eigenvalue weighted by molar-refractivity contribution is 0.0842. The zero-order valence-corrected chi connectivity index (χ0v) is 57.4. The Bertz CT molecular complexity index is 4440. The molecule has 0 spiro atoms. The van der Waals surface area contributed by atoms with E-state index in [1.165, 1.54) is 16.7 Å². The van der Waals surface area contributed by atoms with Gasteiger partial charge in [-0.25, -0.2) is 64.2 Å². The van der Waals surface area contributed by atoms with Crippen LogP contribution in [0.15, 0.2) is 128 Å². The molecule has 6 aliphatic heterocycles. The highest BCUT2D eigenvalue weighted by Crippen LogP contribution is 2.38. The number of nitrogens with one attached hydrogen (secondary N) is 6. The number of benzene rings is 4. The first kappa shape index (κ1) is 67.0. The van der Waals surface area contributed by atoms with Crippen molar-refractivity contribution in [3.05, 3.63) is 184 Å². The maximum atomic E-state index is 13.7. The highest BCUT2D eigenvalue weighted by Gasteiger charge is 2.34. The van der Waals surface area contributed by atoms with Crippen LogP contribution in [0, 0.1) is 0 Å². The van der Waals surface area contributed by atoms with E-state index < -0.39 is 6.04 Å². The summed E-state index contributed by atoms with van der Waals surface area (Å²) in [6, 6.07) is 33.7. The van der Waals surface area contributed by atoms with Gasteiger partial charge >= 0.3 is 18.1 Å². The zero-order chi connectivity index (χ0) is 69.3. The fourth-order valence-corrected chi connectivity index (χ4v) is 14.0. The lowest BCUT2D eigenvalue weighted by Crippen LogP contribution is -2.37. The number of fused-ring (bicyclic) bond motifs is 3. The second-order valence-corrected chi connectivity index (χ2v) is 26.4. The van der Waals surface area contributed by atoms with Crippen LogP contribution in [0.25, 0.3) is 34.2 Å². The third-order valence-corrected chi connectivity index (χ3v) is 19.3. The van der Waals surface area contributed by atoms with Crippen molar-refractivity contribution in [3.63, 3.8) is 0 Å². The number of anilines is 7. The predicted octanol–water partition coefficient (Wildman–Crippen LogP) is 9.58. The lowest BCUT2D eigenvalue weighted by atomic mass is 9.89. The summed E-state index contributed by atoms with van der Waals surface area (Å²) in [7, 11) is 0. The minimum absolute atomic E-state index is 0.238. The first-order valence-corrected chi connectivity index (χ1v) is 35.4. The monoisotopic (exact) mass is 1370 g/mol. The van der Waals surface area contributed by atoms with E-state index in [4.69, 9.17) is 64.1 Å². The van der Waals surface area contributed by atoms with Crippen LogP contribution in [0.5, 0.6) is 0 Å². The van der Waals surface area contributed by atoms with E-state index in [0.29, 0.717) is 144 Å². The Hall–Kier alpha value is -10.9. The van der Waals surface area contributed by atoms with Crippen LogP contribution >= 0.6 is 0 Å². The number of rotatable bonds is 19. The molecule has 102 heavy (non-hydrogen) atoms. The van der Waals surface area contributed by atoms with Crippen LogP contribution in [-0.4, -0.2) is 158 Å². The number of urea groups is 3. The van der Waals surface area contributed by atoms with Gasteiger partial charge in [-0.05, 0) is 142 Å². The van der Waals surface area contributed by atoms with Crippen molar-refractivity contribution in [2.24, 2.45) is 0 Å². The third-order valence-electron chi connectivity index (χ3n) is 19.3. The molecule has 0 bridgehead atoms. The topological polar surface area (TPSA) is 296 Å². The maximum absolute atomic E-state index is 13.7. The highest BCUT2D eigenvalue weighted by atomic mass is 16.5. The number of ether oxygens (including phenoxy) is 3. The summed E-state index contributed by atoms with van der Waals surface area (Å²) in [6.07, 6.45) is 9.29. The van der Waals surface area contributed by atoms with Crippen molar-refractivity contribution in [2.75, 3.05) is 121 Å². The zero-order valence-electron chi connectivity index (χ0n) is 57.4. The minimum atomic E-state index is -0.468. The molecule has 0 radical (unpaired) electrons. The quantitative estimate of drug-likeness (QED) is 0.0439. The van der Waals surface area contributed by atoms with Crippen LogP contribution in [-0.2, 0) is 66.3 Å². The Morgan fingerprint density at radius 2 is 1.06 bits per heavy atom. The van der Waals surface area contributed by atoms with E-state index in [0.717, 1.165) is 127 Å². The van der Waals surface area contributed by atoms with Crippen molar-refractivity contribution in [1.82, 2.24) is 70.7 Å². The molecule has 0 saturated carbocycles.